The number of rotatable bonds is 6. The molecule has 3 heteroatoms. The minimum absolute atomic E-state index is 0.0494. The summed E-state index contributed by atoms with van der Waals surface area (Å²) in [6.07, 6.45) is 7.92. The van der Waals surface area contributed by atoms with Crippen molar-refractivity contribution in [3.05, 3.63) is 72.3 Å². The number of terminal acetylenes is 1. The molecule has 0 fully saturated rings. The molecule has 0 saturated heterocycles. The van der Waals surface area contributed by atoms with Gasteiger partial charge in [-0.2, -0.15) is 5.26 Å². The number of amidine groups is 1. The predicted octanol–water partition coefficient (Wildman–Crippen LogP) is 6.70. The van der Waals surface area contributed by atoms with Crippen LogP contribution in [0.2, 0.25) is 0 Å². The monoisotopic (exact) mass is 401 g/mol. The molecule has 3 nitrogen and oxygen atoms in total. The molecule has 158 valence electrons. The Morgan fingerprint density at radius 2 is 1.73 bits per heavy atom. The van der Waals surface area contributed by atoms with Crippen molar-refractivity contribution in [1.82, 2.24) is 0 Å². The molecule has 0 aromatic heterocycles. The highest BCUT2D eigenvalue weighted by Gasteiger charge is 2.33. The van der Waals surface area contributed by atoms with Gasteiger partial charge in [-0.25, -0.2) is 0 Å². The second-order valence-electron chi connectivity index (χ2n) is 6.42. The Kier molecular flexibility index (Phi) is 12.3. The molecule has 0 spiro atoms. The zero-order valence-corrected chi connectivity index (χ0v) is 19.2. The average molecular weight is 402 g/mol. The molecule has 0 bridgehead atoms. The van der Waals surface area contributed by atoms with Gasteiger partial charge >= 0.3 is 0 Å². The van der Waals surface area contributed by atoms with Crippen LogP contribution in [-0.4, -0.2) is 5.84 Å². The maximum absolute atomic E-state index is 9.14. The van der Waals surface area contributed by atoms with Gasteiger partial charge in [-0.05, 0) is 48.7 Å². The Hall–Kier alpha value is -3.30. The Morgan fingerprint density at radius 1 is 1.17 bits per heavy atom. The van der Waals surface area contributed by atoms with Crippen LogP contribution in [0.1, 0.15) is 59.1 Å². The summed E-state index contributed by atoms with van der Waals surface area (Å²) in [7, 11) is 0. The van der Waals surface area contributed by atoms with Crippen molar-refractivity contribution < 1.29 is 0 Å². The second kappa shape index (κ2) is 13.8. The van der Waals surface area contributed by atoms with E-state index in [9.17, 15) is 0 Å². The van der Waals surface area contributed by atoms with Gasteiger partial charge in [0.2, 0.25) is 0 Å². The molecule has 2 rings (SSSR count). The van der Waals surface area contributed by atoms with Gasteiger partial charge in [-0.3, -0.25) is 4.99 Å². The zero-order chi connectivity index (χ0) is 23.2. The molecule has 30 heavy (non-hydrogen) atoms. The molecule has 2 aromatic rings. The Labute approximate surface area is 183 Å². The normalized spacial score (nSPS) is 13.0. The molecule has 0 radical (unpaired) electrons. The van der Waals surface area contributed by atoms with Crippen molar-refractivity contribution in [3.63, 3.8) is 0 Å². The molecule has 0 unspecified atom stereocenters. The van der Waals surface area contributed by atoms with Crippen molar-refractivity contribution in [3.8, 4) is 29.5 Å². The van der Waals surface area contributed by atoms with Gasteiger partial charge in [0.15, 0.2) is 0 Å². The first-order valence-corrected chi connectivity index (χ1v) is 10.4. The molecule has 0 aliphatic carbocycles. The molecule has 0 heterocycles. The summed E-state index contributed by atoms with van der Waals surface area (Å²) >= 11 is 0. The molecular formula is C27H35N3. The maximum atomic E-state index is 9.14. The lowest BCUT2D eigenvalue weighted by atomic mass is 9.77. The largest absolute Gasteiger partial charge is 0.388 e. The van der Waals surface area contributed by atoms with Crippen LogP contribution in [-0.2, 0) is 5.54 Å². The first-order valence-electron chi connectivity index (χ1n) is 10.4. The molecule has 2 N–H and O–H groups in total. The molecule has 0 saturated carbocycles. The van der Waals surface area contributed by atoms with E-state index in [1.807, 2.05) is 77.1 Å². The number of hydrogen-bond acceptors (Lipinski definition) is 2. The topological polar surface area (TPSA) is 62.2 Å². The quantitative estimate of drug-likeness (QED) is 0.253. The predicted molar refractivity (Wildman–Crippen MR) is 131 cm³/mol. The Bertz CT molecular complexity index is 908. The van der Waals surface area contributed by atoms with Gasteiger partial charge in [0, 0.05) is 12.3 Å². The summed E-state index contributed by atoms with van der Waals surface area (Å²) in [4.78, 5) is 4.71. The van der Waals surface area contributed by atoms with Crippen LogP contribution in [0.15, 0.2) is 66.2 Å². The number of benzene rings is 2. The van der Waals surface area contributed by atoms with Crippen LogP contribution in [0.3, 0.4) is 0 Å². The van der Waals surface area contributed by atoms with Crippen LogP contribution in [0.4, 0.5) is 0 Å². The summed E-state index contributed by atoms with van der Waals surface area (Å²) in [6.45, 7) is 15.7. The van der Waals surface area contributed by atoms with Gasteiger partial charge in [-0.1, -0.05) is 64.1 Å². The number of nitrogens with two attached hydrogens (primary N) is 1. The zero-order valence-electron chi connectivity index (χ0n) is 19.2. The first kappa shape index (κ1) is 26.7. The minimum Gasteiger partial charge on any atom is -0.388 e. The van der Waals surface area contributed by atoms with Crippen molar-refractivity contribution in [2.24, 2.45) is 16.6 Å². The van der Waals surface area contributed by atoms with Gasteiger partial charge in [0.25, 0.3) is 0 Å². The number of nitriles is 1. The summed E-state index contributed by atoms with van der Waals surface area (Å²) in [5.41, 5.74) is 8.93. The van der Waals surface area contributed by atoms with Gasteiger partial charge in [-0.15, -0.1) is 18.9 Å². The van der Waals surface area contributed by atoms with Crippen molar-refractivity contribution in [2.45, 2.75) is 53.5 Å². The summed E-state index contributed by atoms with van der Waals surface area (Å²) in [5.74, 6) is 3.16. The summed E-state index contributed by atoms with van der Waals surface area (Å²) in [6, 6.07) is 17.8. The Morgan fingerprint density at radius 3 is 2.23 bits per heavy atom. The highest BCUT2D eigenvalue weighted by Crippen LogP contribution is 2.38. The molecule has 2 atom stereocenters. The maximum Gasteiger partial charge on any atom is 0.0991 e. The van der Waals surface area contributed by atoms with Crippen LogP contribution in [0.25, 0.3) is 11.1 Å². The van der Waals surface area contributed by atoms with E-state index >= 15 is 0 Å². The lowest BCUT2D eigenvalue weighted by Crippen LogP contribution is -2.31. The van der Waals surface area contributed by atoms with E-state index in [0.717, 1.165) is 16.7 Å². The molecule has 0 amide bonds. The molecule has 0 aliphatic rings. The van der Waals surface area contributed by atoms with E-state index in [1.165, 1.54) is 0 Å². The SMILES string of the molecule is C#CC[C@@H](C=C)[C@](C)(N=C(C)N)c1cccc(-c2cccc(C#N)c2)c1.CC.CC. The fraction of sp³-hybridized carbons (Fsp3) is 0.333. The van der Waals surface area contributed by atoms with Crippen molar-refractivity contribution in [1.29, 1.82) is 5.26 Å². The molecule has 0 aliphatic heterocycles. The van der Waals surface area contributed by atoms with E-state index in [0.29, 0.717) is 17.8 Å². The lowest BCUT2D eigenvalue weighted by Gasteiger charge is -2.33. The van der Waals surface area contributed by atoms with Crippen LogP contribution < -0.4 is 5.73 Å². The summed E-state index contributed by atoms with van der Waals surface area (Å²) < 4.78 is 0. The highest BCUT2D eigenvalue weighted by atomic mass is 14.9. The highest BCUT2D eigenvalue weighted by molar-refractivity contribution is 5.78. The lowest BCUT2D eigenvalue weighted by molar-refractivity contribution is 0.370. The fourth-order valence-corrected chi connectivity index (χ4v) is 3.15. The second-order valence-corrected chi connectivity index (χ2v) is 6.42. The number of aliphatic imine (C=N–C) groups is 1. The van der Waals surface area contributed by atoms with Gasteiger partial charge in [0.05, 0.1) is 23.0 Å². The van der Waals surface area contributed by atoms with Crippen LogP contribution in [0, 0.1) is 29.6 Å². The number of nitrogens with zero attached hydrogens (tertiary/aromatic N) is 2. The van der Waals surface area contributed by atoms with Crippen LogP contribution >= 0.6 is 0 Å². The van der Waals surface area contributed by atoms with Crippen LogP contribution in [0.5, 0.6) is 0 Å². The third-order valence-electron chi connectivity index (χ3n) is 4.52. The first-order chi connectivity index (χ1) is 14.4. The third-order valence-corrected chi connectivity index (χ3v) is 4.52. The van der Waals surface area contributed by atoms with E-state index in [-0.39, 0.29) is 5.92 Å². The third kappa shape index (κ3) is 6.94. The molecular weight excluding hydrogens is 366 g/mol. The molecule has 2 aromatic carbocycles. The van der Waals surface area contributed by atoms with Crippen molar-refractivity contribution >= 4 is 5.84 Å². The van der Waals surface area contributed by atoms with E-state index in [1.54, 1.807) is 13.0 Å². The van der Waals surface area contributed by atoms with Gasteiger partial charge in [0.1, 0.15) is 0 Å². The van der Waals surface area contributed by atoms with E-state index in [4.69, 9.17) is 22.4 Å². The van der Waals surface area contributed by atoms with Crippen molar-refractivity contribution in [2.75, 3.05) is 0 Å². The number of hydrogen-bond donors (Lipinski definition) is 1. The fourth-order valence-electron chi connectivity index (χ4n) is 3.15. The van der Waals surface area contributed by atoms with E-state index in [2.05, 4.69) is 24.6 Å². The summed E-state index contributed by atoms with van der Waals surface area (Å²) in [5, 5.41) is 9.14. The van der Waals surface area contributed by atoms with E-state index < -0.39 is 5.54 Å². The average Bonchev–Trinajstić information content (AvgIpc) is 2.79. The smallest absolute Gasteiger partial charge is 0.0991 e. The minimum atomic E-state index is -0.615. The van der Waals surface area contributed by atoms with Gasteiger partial charge < -0.3 is 5.73 Å². The Balaban J connectivity index is 0.00000198. The standard InChI is InChI=1S/C23H23N3.2C2H6/c1-5-9-21(6-2)23(4,26-17(3)25)22-13-8-12-20(15-22)19-11-7-10-18(14-19)16-24;2*1-2/h1,6-8,10-15,21H,2,9H2,3-4H3,(H2,25,26);2*1-2H3/t21-,23+;;/m1../s1.